The van der Waals surface area contributed by atoms with Gasteiger partial charge < -0.3 is 9.84 Å². The Kier molecular flexibility index (Phi) is 7.41. The van der Waals surface area contributed by atoms with Gasteiger partial charge in [0.15, 0.2) is 0 Å². The summed E-state index contributed by atoms with van der Waals surface area (Å²) in [7, 11) is 0. The maximum Gasteiger partial charge on any atom is 0.328 e. The molecule has 4 rings (SSSR count). The second kappa shape index (κ2) is 10.8. The minimum atomic E-state index is -0.968. The molecule has 1 N–H and O–H groups in total. The first-order valence-electron chi connectivity index (χ1n) is 10.9. The first-order valence-corrected chi connectivity index (χ1v) is 11.3. The molecule has 0 spiro atoms. The number of hydrogen-bond donors (Lipinski definition) is 1. The van der Waals surface area contributed by atoms with E-state index in [9.17, 15) is 4.79 Å². The zero-order valence-corrected chi connectivity index (χ0v) is 19.5. The summed E-state index contributed by atoms with van der Waals surface area (Å²) in [4.78, 5) is 15.5. The van der Waals surface area contributed by atoms with Crippen molar-refractivity contribution in [3.63, 3.8) is 0 Å². The number of hydrogen-bond acceptors (Lipinski definition) is 3. The smallest absolute Gasteiger partial charge is 0.328 e. The number of allylic oxidation sites excluding steroid dienone is 1. The van der Waals surface area contributed by atoms with Crippen LogP contribution in [-0.4, -0.2) is 16.1 Å². The fourth-order valence-corrected chi connectivity index (χ4v) is 3.89. The van der Waals surface area contributed by atoms with Crippen molar-refractivity contribution >= 4 is 40.6 Å². The van der Waals surface area contributed by atoms with Gasteiger partial charge in [0.1, 0.15) is 12.4 Å². The van der Waals surface area contributed by atoms with E-state index in [-0.39, 0.29) is 0 Å². The van der Waals surface area contributed by atoms with Crippen LogP contribution in [-0.2, 0) is 17.8 Å². The number of carboxylic acids is 1. The van der Waals surface area contributed by atoms with E-state index in [1.807, 2.05) is 79.7 Å². The van der Waals surface area contributed by atoms with Crippen molar-refractivity contribution in [2.24, 2.45) is 0 Å². The van der Waals surface area contributed by atoms with Crippen LogP contribution in [0.1, 0.15) is 27.9 Å². The van der Waals surface area contributed by atoms with Crippen molar-refractivity contribution in [1.82, 2.24) is 4.98 Å². The SMILES string of the molecule is Cc1cccc(CC=Cc2ccccc2C=CC(=O)O)c1OCc1ccc2ccc(Cl)cc2n1. The molecule has 0 amide bonds. The average molecular weight is 470 g/mol. The summed E-state index contributed by atoms with van der Waals surface area (Å²) in [5.41, 5.74) is 5.60. The highest BCUT2D eigenvalue weighted by Crippen LogP contribution is 2.26. The van der Waals surface area contributed by atoms with Crippen molar-refractivity contribution in [2.45, 2.75) is 20.0 Å². The van der Waals surface area contributed by atoms with Crippen molar-refractivity contribution in [2.75, 3.05) is 0 Å². The molecule has 1 heterocycles. The van der Waals surface area contributed by atoms with Gasteiger partial charge in [0.25, 0.3) is 0 Å². The molecule has 1 aromatic heterocycles. The number of nitrogens with zero attached hydrogens (tertiary/aromatic N) is 1. The fourth-order valence-electron chi connectivity index (χ4n) is 3.73. The van der Waals surface area contributed by atoms with Gasteiger partial charge in [-0.25, -0.2) is 9.78 Å². The van der Waals surface area contributed by atoms with Gasteiger partial charge in [-0.05, 0) is 59.9 Å². The van der Waals surface area contributed by atoms with Gasteiger partial charge in [0, 0.05) is 16.5 Å². The Labute approximate surface area is 203 Å². The summed E-state index contributed by atoms with van der Waals surface area (Å²) in [5, 5.41) is 10.6. The number of aliphatic carboxylic acids is 1. The van der Waals surface area contributed by atoms with E-state index < -0.39 is 5.97 Å². The quantitative estimate of drug-likeness (QED) is 0.279. The largest absolute Gasteiger partial charge is 0.487 e. The van der Waals surface area contributed by atoms with Crippen molar-refractivity contribution < 1.29 is 14.6 Å². The molecule has 34 heavy (non-hydrogen) atoms. The maximum atomic E-state index is 10.9. The van der Waals surface area contributed by atoms with E-state index in [0.29, 0.717) is 18.1 Å². The van der Waals surface area contributed by atoms with Crippen LogP contribution in [0.25, 0.3) is 23.1 Å². The molecule has 0 aliphatic heterocycles. The lowest BCUT2D eigenvalue weighted by molar-refractivity contribution is -0.131. The molecule has 170 valence electrons. The maximum absolute atomic E-state index is 10.9. The Morgan fingerprint density at radius 3 is 2.56 bits per heavy atom. The Morgan fingerprint density at radius 2 is 1.76 bits per heavy atom. The molecule has 0 saturated heterocycles. The zero-order valence-electron chi connectivity index (χ0n) is 18.7. The molecular weight excluding hydrogens is 446 g/mol. The fraction of sp³-hybridized carbons (Fsp3) is 0.103. The number of ether oxygens (including phenoxy) is 1. The lowest BCUT2D eigenvalue weighted by Crippen LogP contribution is -2.02. The highest BCUT2D eigenvalue weighted by molar-refractivity contribution is 6.31. The number of aryl methyl sites for hydroxylation is 1. The highest BCUT2D eigenvalue weighted by Gasteiger charge is 2.08. The minimum absolute atomic E-state index is 0.354. The molecule has 0 atom stereocenters. The molecule has 0 unspecified atom stereocenters. The number of pyridine rings is 1. The summed E-state index contributed by atoms with van der Waals surface area (Å²) in [6, 6.07) is 23.4. The number of benzene rings is 3. The lowest BCUT2D eigenvalue weighted by atomic mass is 10.0. The Bertz CT molecular complexity index is 1390. The van der Waals surface area contributed by atoms with Crippen LogP contribution in [0, 0.1) is 6.92 Å². The van der Waals surface area contributed by atoms with E-state index in [4.69, 9.17) is 21.4 Å². The number of para-hydroxylation sites is 1. The number of carboxylic acid groups (broad SMARTS) is 1. The second-order valence-corrected chi connectivity index (χ2v) is 8.33. The number of halogens is 1. The summed E-state index contributed by atoms with van der Waals surface area (Å²) >= 11 is 6.11. The van der Waals surface area contributed by atoms with Gasteiger partial charge in [-0.1, -0.05) is 78.4 Å². The predicted molar refractivity (Wildman–Crippen MR) is 138 cm³/mol. The summed E-state index contributed by atoms with van der Waals surface area (Å²) in [5.74, 6) is -0.122. The van der Waals surface area contributed by atoms with E-state index >= 15 is 0 Å². The second-order valence-electron chi connectivity index (χ2n) is 7.90. The Hall–Kier alpha value is -3.89. The first kappa shape index (κ1) is 23.3. The minimum Gasteiger partial charge on any atom is -0.487 e. The van der Waals surface area contributed by atoms with Crippen molar-refractivity contribution in [1.29, 1.82) is 0 Å². The average Bonchev–Trinajstić information content (AvgIpc) is 2.82. The molecular formula is C29H24ClNO3. The third kappa shape index (κ3) is 5.91. The molecule has 0 saturated carbocycles. The third-order valence-corrected chi connectivity index (χ3v) is 5.64. The molecule has 0 bridgehead atoms. The monoisotopic (exact) mass is 469 g/mol. The third-order valence-electron chi connectivity index (χ3n) is 5.41. The van der Waals surface area contributed by atoms with Crippen LogP contribution in [0.15, 0.2) is 84.9 Å². The Balaban J connectivity index is 1.50. The molecule has 5 heteroatoms. The Morgan fingerprint density at radius 1 is 1.00 bits per heavy atom. The zero-order chi connectivity index (χ0) is 23.9. The van der Waals surface area contributed by atoms with Crippen LogP contribution in [0.4, 0.5) is 0 Å². The van der Waals surface area contributed by atoms with Gasteiger partial charge in [0.2, 0.25) is 0 Å². The van der Waals surface area contributed by atoms with Gasteiger partial charge in [-0.15, -0.1) is 0 Å². The molecule has 0 aliphatic carbocycles. The van der Waals surface area contributed by atoms with Crippen LogP contribution in [0.3, 0.4) is 0 Å². The van der Waals surface area contributed by atoms with Crippen LogP contribution < -0.4 is 4.74 Å². The van der Waals surface area contributed by atoms with E-state index in [1.54, 1.807) is 6.08 Å². The lowest BCUT2D eigenvalue weighted by Gasteiger charge is -2.13. The van der Waals surface area contributed by atoms with Crippen LogP contribution >= 0.6 is 11.6 Å². The normalized spacial score (nSPS) is 11.5. The van der Waals surface area contributed by atoms with Crippen molar-refractivity contribution in [3.8, 4) is 5.75 Å². The molecule has 0 radical (unpaired) electrons. The van der Waals surface area contributed by atoms with Gasteiger partial charge in [-0.3, -0.25) is 0 Å². The van der Waals surface area contributed by atoms with Gasteiger partial charge in [0.05, 0.1) is 11.2 Å². The number of rotatable bonds is 8. The molecule has 4 aromatic rings. The summed E-state index contributed by atoms with van der Waals surface area (Å²) in [6.45, 7) is 2.38. The molecule has 0 fully saturated rings. The number of aromatic nitrogens is 1. The molecule has 3 aromatic carbocycles. The van der Waals surface area contributed by atoms with Crippen LogP contribution in [0.5, 0.6) is 5.75 Å². The van der Waals surface area contributed by atoms with Gasteiger partial charge >= 0.3 is 5.97 Å². The highest BCUT2D eigenvalue weighted by atomic mass is 35.5. The van der Waals surface area contributed by atoms with E-state index in [2.05, 4.69) is 17.1 Å². The predicted octanol–water partition coefficient (Wildman–Crippen LogP) is 7.13. The van der Waals surface area contributed by atoms with E-state index in [1.165, 1.54) is 0 Å². The molecule has 0 aliphatic rings. The first-order chi connectivity index (χ1) is 16.5. The number of fused-ring (bicyclic) bond motifs is 1. The standard InChI is InChI=1S/C29H24ClNO3/c1-20-6-4-10-24(11-5-9-21-7-2-3-8-22(21)14-17-28(32)33)29(20)34-19-26-16-13-23-12-15-25(30)18-27(23)31-26/h2-10,12-18H,11,19H2,1H3,(H,32,33). The summed E-state index contributed by atoms with van der Waals surface area (Å²) < 4.78 is 6.22. The van der Waals surface area contributed by atoms with Gasteiger partial charge in [-0.2, -0.15) is 0 Å². The molecule has 4 nitrogen and oxygen atoms in total. The van der Waals surface area contributed by atoms with Crippen molar-refractivity contribution in [3.05, 3.63) is 118 Å². The van der Waals surface area contributed by atoms with E-state index in [0.717, 1.165) is 50.7 Å². The summed E-state index contributed by atoms with van der Waals surface area (Å²) in [6.07, 6.45) is 7.49. The topological polar surface area (TPSA) is 59.4 Å². The number of carbonyl (C=O) groups is 1. The van der Waals surface area contributed by atoms with Crippen LogP contribution in [0.2, 0.25) is 5.02 Å².